The van der Waals surface area contributed by atoms with Crippen molar-refractivity contribution in [1.29, 1.82) is 5.26 Å². The molecule has 1 aliphatic rings. The number of nitrogens with zero attached hydrogens (tertiary/aromatic N) is 1. The maximum absolute atomic E-state index is 12.0. The molecule has 1 aromatic carbocycles. The number of hydrogen-bond donors (Lipinski definition) is 2. The normalized spacial score (nSPS) is 15.6. The molecule has 0 heterocycles. The summed E-state index contributed by atoms with van der Waals surface area (Å²) >= 11 is 0. The van der Waals surface area contributed by atoms with Crippen molar-refractivity contribution in [2.24, 2.45) is 0 Å². The van der Waals surface area contributed by atoms with Crippen LogP contribution in [0.3, 0.4) is 0 Å². The van der Waals surface area contributed by atoms with Gasteiger partial charge in [-0.25, -0.2) is 0 Å². The van der Waals surface area contributed by atoms with Crippen molar-refractivity contribution >= 4 is 11.6 Å². The Morgan fingerprint density at radius 3 is 2.43 bits per heavy atom. The highest BCUT2D eigenvalue weighted by atomic mass is 16.1. The highest BCUT2D eigenvalue weighted by Gasteiger charge is 2.19. The van der Waals surface area contributed by atoms with Crippen LogP contribution in [0, 0.1) is 25.2 Å². The number of carbonyl (C=O) groups is 1. The lowest BCUT2D eigenvalue weighted by molar-refractivity contribution is -0.117. The summed E-state index contributed by atoms with van der Waals surface area (Å²) in [5.74, 6) is -0.290. The number of carbonyl (C=O) groups excluding carboxylic acids is 1. The highest BCUT2D eigenvalue weighted by molar-refractivity contribution is 5.97. The standard InChI is InChI=1S/C17H21N3O/c1-12-7-13(2)9-16(8-12)19-11-14(10-18)17(21)20-15-5-3-4-6-15/h7-9,11,15,19H,3-6H2,1-2H3,(H,20,21)/b14-11-. The van der Waals surface area contributed by atoms with E-state index < -0.39 is 0 Å². The molecule has 1 amide bonds. The molecular weight excluding hydrogens is 262 g/mol. The number of anilines is 1. The predicted octanol–water partition coefficient (Wildman–Crippen LogP) is 3.18. The molecule has 0 aromatic heterocycles. The van der Waals surface area contributed by atoms with E-state index >= 15 is 0 Å². The third kappa shape index (κ3) is 4.35. The van der Waals surface area contributed by atoms with E-state index in [-0.39, 0.29) is 17.5 Å². The van der Waals surface area contributed by atoms with Gasteiger partial charge in [-0.05, 0) is 49.9 Å². The van der Waals surface area contributed by atoms with Gasteiger partial charge >= 0.3 is 0 Å². The molecule has 1 fully saturated rings. The van der Waals surface area contributed by atoms with Gasteiger partial charge in [-0.3, -0.25) is 4.79 Å². The Morgan fingerprint density at radius 1 is 1.24 bits per heavy atom. The van der Waals surface area contributed by atoms with Crippen LogP contribution in [0.25, 0.3) is 0 Å². The van der Waals surface area contributed by atoms with Crippen LogP contribution in [0.15, 0.2) is 30.0 Å². The molecule has 1 aliphatic carbocycles. The second-order valence-electron chi connectivity index (χ2n) is 5.65. The van der Waals surface area contributed by atoms with Crippen LogP contribution in [0.5, 0.6) is 0 Å². The summed E-state index contributed by atoms with van der Waals surface area (Å²) in [5.41, 5.74) is 3.27. The fraction of sp³-hybridized carbons (Fsp3) is 0.412. The van der Waals surface area contributed by atoms with Crippen LogP contribution < -0.4 is 10.6 Å². The van der Waals surface area contributed by atoms with E-state index in [2.05, 4.69) is 16.7 Å². The summed E-state index contributed by atoms with van der Waals surface area (Å²) < 4.78 is 0. The van der Waals surface area contributed by atoms with E-state index in [0.717, 1.165) is 42.5 Å². The predicted molar refractivity (Wildman–Crippen MR) is 83.6 cm³/mol. The van der Waals surface area contributed by atoms with Crippen LogP contribution in [0.4, 0.5) is 5.69 Å². The van der Waals surface area contributed by atoms with Gasteiger partial charge in [-0.1, -0.05) is 18.9 Å². The molecule has 0 unspecified atom stereocenters. The van der Waals surface area contributed by atoms with E-state index in [1.165, 1.54) is 6.20 Å². The molecular formula is C17H21N3O. The Kier molecular flexibility index (Phi) is 4.99. The van der Waals surface area contributed by atoms with Crippen molar-refractivity contribution in [1.82, 2.24) is 5.32 Å². The van der Waals surface area contributed by atoms with E-state index in [1.54, 1.807) is 0 Å². The zero-order valence-electron chi connectivity index (χ0n) is 12.6. The molecule has 2 rings (SSSR count). The molecule has 21 heavy (non-hydrogen) atoms. The van der Waals surface area contributed by atoms with Crippen molar-refractivity contribution in [3.8, 4) is 6.07 Å². The molecule has 0 bridgehead atoms. The van der Waals surface area contributed by atoms with Crippen LogP contribution in [-0.2, 0) is 4.79 Å². The molecule has 4 heteroatoms. The Labute approximate surface area is 125 Å². The minimum atomic E-state index is -0.290. The van der Waals surface area contributed by atoms with Crippen molar-refractivity contribution in [3.63, 3.8) is 0 Å². The molecule has 0 saturated heterocycles. The first kappa shape index (κ1) is 15.1. The van der Waals surface area contributed by atoms with Crippen LogP contribution in [-0.4, -0.2) is 11.9 Å². The lowest BCUT2D eigenvalue weighted by atomic mass is 10.1. The first-order valence-electron chi connectivity index (χ1n) is 7.34. The Hall–Kier alpha value is -2.28. The van der Waals surface area contributed by atoms with Crippen molar-refractivity contribution in [2.75, 3.05) is 5.32 Å². The first-order chi connectivity index (χ1) is 10.1. The fourth-order valence-corrected chi connectivity index (χ4v) is 2.70. The summed E-state index contributed by atoms with van der Waals surface area (Å²) in [4.78, 5) is 12.0. The lowest BCUT2D eigenvalue weighted by Gasteiger charge is -2.11. The number of aryl methyl sites for hydroxylation is 2. The van der Waals surface area contributed by atoms with Gasteiger partial charge in [0.1, 0.15) is 11.6 Å². The summed E-state index contributed by atoms with van der Waals surface area (Å²) in [6, 6.07) is 8.22. The topological polar surface area (TPSA) is 64.9 Å². The van der Waals surface area contributed by atoms with Gasteiger partial charge in [-0.2, -0.15) is 5.26 Å². The largest absolute Gasteiger partial charge is 0.360 e. The number of nitrogens with one attached hydrogen (secondary N) is 2. The maximum Gasteiger partial charge on any atom is 0.263 e. The van der Waals surface area contributed by atoms with Gasteiger partial charge in [0.15, 0.2) is 0 Å². The second-order valence-corrected chi connectivity index (χ2v) is 5.65. The third-order valence-corrected chi connectivity index (χ3v) is 3.66. The Bertz CT molecular complexity index is 572. The van der Waals surface area contributed by atoms with Crippen molar-refractivity contribution in [2.45, 2.75) is 45.6 Å². The van der Waals surface area contributed by atoms with Crippen LogP contribution in [0.1, 0.15) is 36.8 Å². The quantitative estimate of drug-likeness (QED) is 0.659. The number of nitriles is 1. The molecule has 110 valence electrons. The van der Waals surface area contributed by atoms with E-state index in [9.17, 15) is 4.79 Å². The maximum atomic E-state index is 12.0. The molecule has 0 aliphatic heterocycles. The zero-order chi connectivity index (χ0) is 15.2. The molecule has 0 radical (unpaired) electrons. The summed E-state index contributed by atoms with van der Waals surface area (Å²) in [5, 5.41) is 15.1. The van der Waals surface area contributed by atoms with E-state index in [4.69, 9.17) is 5.26 Å². The molecule has 0 spiro atoms. The minimum absolute atomic E-state index is 0.112. The summed E-state index contributed by atoms with van der Waals surface area (Å²) in [6.07, 6.45) is 5.80. The van der Waals surface area contributed by atoms with Gasteiger partial charge in [0.2, 0.25) is 0 Å². The zero-order valence-corrected chi connectivity index (χ0v) is 12.6. The average molecular weight is 283 g/mol. The third-order valence-electron chi connectivity index (χ3n) is 3.66. The van der Waals surface area contributed by atoms with Gasteiger partial charge in [0.05, 0.1) is 0 Å². The fourth-order valence-electron chi connectivity index (χ4n) is 2.70. The van der Waals surface area contributed by atoms with Gasteiger partial charge in [0.25, 0.3) is 5.91 Å². The van der Waals surface area contributed by atoms with Gasteiger partial charge < -0.3 is 10.6 Å². The SMILES string of the molecule is Cc1cc(C)cc(N/C=C(/C#N)C(=O)NC2CCCC2)c1. The summed E-state index contributed by atoms with van der Waals surface area (Å²) in [7, 11) is 0. The van der Waals surface area contributed by atoms with Crippen molar-refractivity contribution in [3.05, 3.63) is 41.1 Å². The molecule has 2 N–H and O–H groups in total. The lowest BCUT2D eigenvalue weighted by Crippen LogP contribution is -2.33. The van der Waals surface area contributed by atoms with E-state index in [0.29, 0.717) is 0 Å². The molecule has 1 saturated carbocycles. The molecule has 4 nitrogen and oxygen atoms in total. The minimum Gasteiger partial charge on any atom is -0.360 e. The van der Waals surface area contributed by atoms with Crippen LogP contribution >= 0.6 is 0 Å². The molecule has 0 atom stereocenters. The van der Waals surface area contributed by atoms with Gasteiger partial charge in [-0.15, -0.1) is 0 Å². The van der Waals surface area contributed by atoms with Crippen molar-refractivity contribution < 1.29 is 4.79 Å². The highest BCUT2D eigenvalue weighted by Crippen LogP contribution is 2.18. The number of hydrogen-bond acceptors (Lipinski definition) is 3. The number of amides is 1. The van der Waals surface area contributed by atoms with Crippen LogP contribution in [0.2, 0.25) is 0 Å². The molecule has 1 aromatic rings. The number of rotatable bonds is 4. The van der Waals surface area contributed by atoms with E-state index in [1.807, 2.05) is 32.0 Å². The second kappa shape index (κ2) is 6.94. The monoisotopic (exact) mass is 283 g/mol. The van der Waals surface area contributed by atoms with Gasteiger partial charge in [0, 0.05) is 17.9 Å². The summed E-state index contributed by atoms with van der Waals surface area (Å²) in [6.45, 7) is 4.03. The first-order valence-corrected chi connectivity index (χ1v) is 7.34. The average Bonchev–Trinajstić information content (AvgIpc) is 2.91. The Balaban J connectivity index is 2.02. The Morgan fingerprint density at radius 2 is 1.86 bits per heavy atom. The smallest absolute Gasteiger partial charge is 0.263 e. The number of benzene rings is 1.